The lowest BCUT2D eigenvalue weighted by Crippen LogP contribution is -1.88. The first-order valence-electron chi connectivity index (χ1n) is 4.02. The number of hydrogen-bond donors (Lipinski definition) is 0. The van der Waals surface area contributed by atoms with E-state index < -0.39 is 4.92 Å². The number of benzene rings is 1. The van der Waals surface area contributed by atoms with E-state index in [0.717, 1.165) is 0 Å². The van der Waals surface area contributed by atoms with Crippen molar-refractivity contribution in [2.24, 2.45) is 0 Å². The van der Waals surface area contributed by atoms with Gasteiger partial charge in [0.15, 0.2) is 0 Å². The number of hydrogen-bond acceptors (Lipinski definition) is 3. The maximum Gasteiger partial charge on any atom is 0.280 e. The van der Waals surface area contributed by atoms with Crippen LogP contribution in [0.3, 0.4) is 0 Å². The first-order valence-corrected chi connectivity index (χ1v) is 4.40. The number of nitriles is 1. The summed E-state index contributed by atoms with van der Waals surface area (Å²) in [6.45, 7) is 6.70. The second-order valence-electron chi connectivity index (χ2n) is 2.69. The summed E-state index contributed by atoms with van der Waals surface area (Å²) in [4.78, 5) is 12.8. The average molecular weight is 234 g/mol. The Kier molecular flexibility index (Phi) is 3.60. The predicted molar refractivity (Wildman–Crippen MR) is 58.1 cm³/mol. The summed E-state index contributed by atoms with van der Waals surface area (Å²) in [7, 11) is 0. The van der Waals surface area contributed by atoms with Crippen molar-refractivity contribution in [2.75, 3.05) is 0 Å². The van der Waals surface area contributed by atoms with Crippen LogP contribution in [0.4, 0.5) is 5.69 Å². The van der Waals surface area contributed by atoms with Crippen molar-refractivity contribution in [1.29, 1.82) is 5.26 Å². The number of nitrogens with zero attached hydrogens (tertiary/aromatic N) is 3. The molecule has 0 N–H and O–H groups in total. The van der Waals surface area contributed by atoms with Crippen LogP contribution < -0.4 is 0 Å². The van der Waals surface area contributed by atoms with Gasteiger partial charge in [-0.2, -0.15) is 0 Å². The van der Waals surface area contributed by atoms with Crippen molar-refractivity contribution in [3.8, 4) is 6.07 Å². The maximum atomic E-state index is 10.4. The molecule has 0 fully saturated rings. The highest BCUT2D eigenvalue weighted by Gasteiger charge is 2.09. The largest absolute Gasteiger partial charge is 0.280 e. The van der Waals surface area contributed by atoms with Gasteiger partial charge in [0.25, 0.3) is 11.4 Å². The monoisotopic (exact) mass is 233 g/mol. The Hall–Kier alpha value is -2.37. The third-order valence-corrected chi connectivity index (χ3v) is 2.15. The summed E-state index contributed by atoms with van der Waals surface area (Å²) >= 11 is 5.78. The van der Waals surface area contributed by atoms with Crippen molar-refractivity contribution < 1.29 is 4.92 Å². The lowest BCUT2D eigenvalue weighted by Gasteiger charge is -1.98. The van der Waals surface area contributed by atoms with Crippen molar-refractivity contribution in [2.45, 2.75) is 0 Å². The zero-order valence-corrected chi connectivity index (χ0v) is 8.60. The molecule has 0 heterocycles. The highest BCUT2D eigenvalue weighted by Crippen LogP contribution is 2.25. The van der Waals surface area contributed by atoms with Crippen LogP contribution in [0.15, 0.2) is 30.0 Å². The summed E-state index contributed by atoms with van der Waals surface area (Å²) < 4.78 is 0. The molecule has 0 bridgehead atoms. The van der Waals surface area contributed by atoms with Gasteiger partial charge in [0.1, 0.15) is 0 Å². The Labute approximate surface area is 96.2 Å². The summed E-state index contributed by atoms with van der Waals surface area (Å²) in [6.07, 6.45) is 0. The van der Waals surface area contributed by atoms with Crippen LogP contribution in [0.5, 0.6) is 0 Å². The van der Waals surface area contributed by atoms with E-state index in [1.807, 2.05) is 0 Å². The van der Waals surface area contributed by atoms with Crippen LogP contribution >= 0.6 is 11.6 Å². The van der Waals surface area contributed by atoms with E-state index in [1.54, 1.807) is 6.07 Å². The number of halogens is 1. The SMILES string of the molecule is [C-]#[N+]/C(C#N)=C(\Cl)c1ccc([N+](=O)[O-])cc1. The molecule has 0 unspecified atom stereocenters. The second-order valence-corrected chi connectivity index (χ2v) is 3.07. The van der Waals surface area contributed by atoms with Crippen LogP contribution in [0, 0.1) is 28.0 Å². The van der Waals surface area contributed by atoms with E-state index in [4.69, 9.17) is 23.4 Å². The van der Waals surface area contributed by atoms with Crippen molar-refractivity contribution in [3.63, 3.8) is 0 Å². The molecule has 0 saturated carbocycles. The Balaban J connectivity index is 3.19. The summed E-state index contributed by atoms with van der Waals surface area (Å²) in [5.74, 6) is 0. The minimum atomic E-state index is -0.540. The highest BCUT2D eigenvalue weighted by molar-refractivity contribution is 6.49. The number of allylic oxidation sites excluding steroid dienone is 1. The fourth-order valence-electron chi connectivity index (χ4n) is 0.989. The molecule has 0 atom stereocenters. The number of non-ortho nitro benzene ring substituents is 1. The molecule has 5 nitrogen and oxygen atoms in total. The molecule has 1 aromatic rings. The maximum absolute atomic E-state index is 10.4. The second kappa shape index (κ2) is 4.92. The molecular weight excluding hydrogens is 230 g/mol. The molecule has 0 spiro atoms. The third-order valence-electron chi connectivity index (χ3n) is 1.76. The van der Waals surface area contributed by atoms with E-state index in [1.165, 1.54) is 24.3 Å². The van der Waals surface area contributed by atoms with Crippen molar-refractivity contribution >= 4 is 22.3 Å². The fraction of sp³-hybridized carbons (Fsp3) is 0. The van der Waals surface area contributed by atoms with E-state index in [9.17, 15) is 10.1 Å². The summed E-state index contributed by atoms with van der Waals surface area (Å²) in [5, 5.41) is 19.0. The molecule has 6 heteroatoms. The van der Waals surface area contributed by atoms with E-state index in [2.05, 4.69) is 4.85 Å². The Morgan fingerprint density at radius 2 is 2.06 bits per heavy atom. The molecule has 0 aromatic heterocycles. The van der Waals surface area contributed by atoms with Crippen LogP contribution in [0.2, 0.25) is 0 Å². The molecule has 1 rings (SSSR count). The number of nitro benzene ring substituents is 1. The summed E-state index contributed by atoms with van der Waals surface area (Å²) in [6, 6.07) is 6.95. The lowest BCUT2D eigenvalue weighted by molar-refractivity contribution is -0.384. The van der Waals surface area contributed by atoms with Gasteiger partial charge in [-0.1, -0.05) is 11.6 Å². The topological polar surface area (TPSA) is 71.3 Å². The highest BCUT2D eigenvalue weighted by atomic mass is 35.5. The zero-order chi connectivity index (χ0) is 12.1. The van der Waals surface area contributed by atoms with Gasteiger partial charge in [-0.05, 0) is 17.7 Å². The van der Waals surface area contributed by atoms with Gasteiger partial charge < -0.3 is 0 Å². The fourth-order valence-corrected chi connectivity index (χ4v) is 1.20. The van der Waals surface area contributed by atoms with Crippen molar-refractivity contribution in [3.05, 3.63) is 57.1 Å². The van der Waals surface area contributed by atoms with Gasteiger partial charge in [-0.15, -0.1) is 0 Å². The van der Waals surface area contributed by atoms with Crippen LogP contribution in [0.1, 0.15) is 5.56 Å². The van der Waals surface area contributed by atoms with Gasteiger partial charge in [-0.25, -0.2) is 10.1 Å². The van der Waals surface area contributed by atoms with Crippen molar-refractivity contribution in [1.82, 2.24) is 0 Å². The molecule has 16 heavy (non-hydrogen) atoms. The molecule has 0 aliphatic rings. The Morgan fingerprint density at radius 1 is 1.50 bits per heavy atom. The molecule has 0 amide bonds. The zero-order valence-electron chi connectivity index (χ0n) is 7.85. The minimum absolute atomic E-state index is 0.00704. The normalized spacial score (nSPS) is 10.9. The summed E-state index contributed by atoms with van der Waals surface area (Å²) in [5.41, 5.74) is 0.0878. The van der Waals surface area contributed by atoms with Gasteiger partial charge in [-0.3, -0.25) is 10.1 Å². The number of rotatable bonds is 2. The van der Waals surface area contributed by atoms with Gasteiger partial charge >= 0.3 is 0 Å². The van der Waals surface area contributed by atoms with Gasteiger partial charge in [0, 0.05) is 12.1 Å². The van der Waals surface area contributed by atoms with Gasteiger partial charge in [0.05, 0.1) is 22.6 Å². The minimum Gasteiger partial charge on any atom is -0.258 e. The predicted octanol–water partition coefficient (Wildman–Crippen LogP) is 2.95. The number of nitro groups is 1. The molecular formula is C10H4ClN3O2. The Morgan fingerprint density at radius 3 is 2.44 bits per heavy atom. The third kappa shape index (κ3) is 2.35. The molecule has 0 saturated heterocycles. The molecule has 0 aliphatic heterocycles. The van der Waals surface area contributed by atoms with Crippen LogP contribution in [-0.4, -0.2) is 4.92 Å². The quantitative estimate of drug-likeness (QED) is 0.341. The average Bonchev–Trinajstić information content (AvgIpc) is 2.30. The van der Waals surface area contributed by atoms with E-state index in [0.29, 0.717) is 5.56 Å². The molecule has 0 radical (unpaired) electrons. The smallest absolute Gasteiger partial charge is 0.258 e. The van der Waals surface area contributed by atoms with Gasteiger partial charge in [0.2, 0.25) is 0 Å². The lowest BCUT2D eigenvalue weighted by atomic mass is 10.2. The van der Waals surface area contributed by atoms with Crippen LogP contribution in [0.25, 0.3) is 9.88 Å². The molecule has 0 aliphatic carbocycles. The molecule has 78 valence electrons. The van der Waals surface area contributed by atoms with E-state index >= 15 is 0 Å². The first-order chi connectivity index (χ1) is 7.60. The Bertz CT molecular complexity index is 519. The molecule has 1 aromatic carbocycles. The van der Waals surface area contributed by atoms with Crippen LogP contribution in [-0.2, 0) is 0 Å². The van der Waals surface area contributed by atoms with E-state index in [-0.39, 0.29) is 16.4 Å². The first kappa shape index (κ1) is 11.7. The standard InChI is InChI=1S/C10H4ClN3O2/c1-13-9(6-12)10(11)7-2-4-8(5-3-7)14(15)16/h2-5H/b10-9-.